The minimum Gasteiger partial charge on any atom is -0.466 e. The summed E-state index contributed by atoms with van der Waals surface area (Å²) in [6.07, 6.45) is -0.142. The second kappa shape index (κ2) is 8.46. The lowest BCUT2D eigenvalue weighted by Gasteiger charge is -2.09. The maximum absolute atomic E-state index is 12.4. The summed E-state index contributed by atoms with van der Waals surface area (Å²) in [6.45, 7) is 3.25. The fourth-order valence-electron chi connectivity index (χ4n) is 2.83. The second-order valence-electron chi connectivity index (χ2n) is 6.49. The van der Waals surface area contributed by atoms with Crippen molar-refractivity contribution in [2.45, 2.75) is 25.2 Å². The summed E-state index contributed by atoms with van der Waals surface area (Å²) in [7, 11) is -3.75. The summed E-state index contributed by atoms with van der Waals surface area (Å²) in [6, 6.07) is 13.8. The van der Waals surface area contributed by atoms with Crippen molar-refractivity contribution in [1.82, 2.24) is 15.6 Å². The van der Waals surface area contributed by atoms with Crippen molar-refractivity contribution in [3.05, 3.63) is 65.6 Å². The maximum atomic E-state index is 12.4. The molecular formula is C20H21N3O5S. The van der Waals surface area contributed by atoms with E-state index in [0.717, 1.165) is 10.8 Å². The average molecular weight is 415 g/mol. The Balaban J connectivity index is 1.51. The van der Waals surface area contributed by atoms with Gasteiger partial charge in [-0.3, -0.25) is 20.4 Å². The van der Waals surface area contributed by atoms with E-state index in [0.29, 0.717) is 17.1 Å². The largest absolute Gasteiger partial charge is 0.466 e. The highest BCUT2D eigenvalue weighted by Gasteiger charge is 2.16. The monoisotopic (exact) mass is 415 g/mol. The molecule has 29 heavy (non-hydrogen) atoms. The van der Waals surface area contributed by atoms with Gasteiger partial charge >= 0.3 is 0 Å². The Labute approximate surface area is 168 Å². The lowest BCUT2D eigenvalue weighted by Crippen LogP contribution is -2.42. The van der Waals surface area contributed by atoms with Crippen molar-refractivity contribution < 1.29 is 22.4 Å². The molecule has 2 amide bonds. The zero-order chi connectivity index (χ0) is 21.0. The fourth-order valence-corrected chi connectivity index (χ4v) is 3.90. The molecule has 0 radical (unpaired) electrons. The molecule has 0 aliphatic rings. The summed E-state index contributed by atoms with van der Waals surface area (Å²) < 4.78 is 32.5. The second-order valence-corrected chi connectivity index (χ2v) is 8.25. The Kier molecular flexibility index (Phi) is 6.00. The van der Waals surface area contributed by atoms with E-state index in [4.69, 9.17) is 4.42 Å². The molecule has 8 nitrogen and oxygen atoms in total. The maximum Gasteiger partial charge on any atom is 0.273 e. The summed E-state index contributed by atoms with van der Waals surface area (Å²) in [5.41, 5.74) is 4.85. The molecule has 3 aromatic rings. The molecule has 0 unspecified atom stereocenters. The Morgan fingerprint density at radius 3 is 2.38 bits per heavy atom. The van der Waals surface area contributed by atoms with Crippen LogP contribution in [0.5, 0.6) is 0 Å². The van der Waals surface area contributed by atoms with E-state index in [9.17, 15) is 18.0 Å². The van der Waals surface area contributed by atoms with Gasteiger partial charge in [0.2, 0.25) is 15.9 Å². The van der Waals surface area contributed by atoms with E-state index in [-0.39, 0.29) is 17.9 Å². The predicted molar refractivity (Wildman–Crippen MR) is 108 cm³/mol. The van der Waals surface area contributed by atoms with E-state index >= 15 is 0 Å². The number of fused-ring (bicyclic) bond motifs is 1. The van der Waals surface area contributed by atoms with Crippen LogP contribution >= 0.6 is 0 Å². The molecule has 9 heteroatoms. The number of carbonyl (C=O) groups is 2. The molecular weight excluding hydrogens is 394 g/mol. The number of hydrogen-bond acceptors (Lipinski definition) is 5. The van der Waals surface area contributed by atoms with Gasteiger partial charge in [-0.2, -0.15) is 0 Å². The average Bonchev–Trinajstić information content (AvgIpc) is 3.03. The van der Waals surface area contributed by atoms with Crippen molar-refractivity contribution in [2.24, 2.45) is 0 Å². The Bertz CT molecular complexity index is 1170. The lowest BCUT2D eigenvalue weighted by atomic mass is 10.1. The van der Waals surface area contributed by atoms with Gasteiger partial charge in [0.1, 0.15) is 11.5 Å². The Morgan fingerprint density at radius 2 is 1.69 bits per heavy atom. The third-order valence-corrected chi connectivity index (χ3v) is 5.74. The highest BCUT2D eigenvalue weighted by molar-refractivity contribution is 7.89. The van der Waals surface area contributed by atoms with Crippen LogP contribution in [0, 0.1) is 13.8 Å². The Morgan fingerprint density at radius 1 is 0.966 bits per heavy atom. The van der Waals surface area contributed by atoms with E-state index in [1.165, 1.54) is 6.07 Å². The number of amides is 2. The van der Waals surface area contributed by atoms with Crippen LogP contribution in [-0.4, -0.2) is 26.8 Å². The van der Waals surface area contributed by atoms with E-state index < -0.39 is 21.8 Å². The van der Waals surface area contributed by atoms with Crippen LogP contribution in [-0.2, 0) is 14.8 Å². The van der Waals surface area contributed by atoms with Crippen molar-refractivity contribution >= 4 is 32.6 Å². The molecule has 2 aromatic carbocycles. The predicted octanol–water partition coefficient (Wildman–Crippen LogP) is 2.18. The standard InChI is InChI=1S/C20H21N3O5S/c1-13-11-18(14(2)28-13)20(25)23-22-19(24)9-10-21-29(26,27)17-8-7-15-5-3-4-6-16(15)12-17/h3-8,11-12,21H,9-10H2,1-2H3,(H,22,24)(H,23,25). The highest BCUT2D eigenvalue weighted by atomic mass is 32.2. The molecule has 0 saturated heterocycles. The first-order chi connectivity index (χ1) is 13.8. The van der Waals surface area contributed by atoms with Crippen LogP contribution in [0.2, 0.25) is 0 Å². The zero-order valence-corrected chi connectivity index (χ0v) is 16.8. The molecule has 1 heterocycles. The molecule has 0 spiro atoms. The number of furan rings is 1. The van der Waals surface area contributed by atoms with Crippen LogP contribution in [0.25, 0.3) is 10.8 Å². The van der Waals surface area contributed by atoms with Gasteiger partial charge in [0, 0.05) is 13.0 Å². The van der Waals surface area contributed by atoms with E-state index in [2.05, 4.69) is 15.6 Å². The van der Waals surface area contributed by atoms with Crippen molar-refractivity contribution in [2.75, 3.05) is 6.54 Å². The minimum atomic E-state index is -3.75. The smallest absolute Gasteiger partial charge is 0.273 e. The summed E-state index contributed by atoms with van der Waals surface area (Å²) in [4.78, 5) is 24.0. The first-order valence-electron chi connectivity index (χ1n) is 8.91. The molecule has 3 rings (SSSR count). The number of hydrazine groups is 1. The van der Waals surface area contributed by atoms with Gasteiger partial charge < -0.3 is 4.42 Å². The molecule has 0 aliphatic heterocycles. The topological polar surface area (TPSA) is 118 Å². The summed E-state index contributed by atoms with van der Waals surface area (Å²) >= 11 is 0. The SMILES string of the molecule is Cc1cc(C(=O)NNC(=O)CCNS(=O)(=O)c2ccc3ccccc3c2)c(C)o1. The van der Waals surface area contributed by atoms with Crippen molar-refractivity contribution in [3.8, 4) is 0 Å². The molecule has 0 aliphatic carbocycles. The number of nitrogens with one attached hydrogen (secondary N) is 3. The van der Waals surface area contributed by atoms with Gasteiger partial charge in [0.15, 0.2) is 0 Å². The molecule has 0 saturated carbocycles. The van der Waals surface area contributed by atoms with Crippen LogP contribution < -0.4 is 15.6 Å². The molecule has 3 N–H and O–H groups in total. The number of hydrogen-bond donors (Lipinski definition) is 3. The number of benzene rings is 2. The summed E-state index contributed by atoms with van der Waals surface area (Å²) in [5, 5.41) is 1.74. The van der Waals surface area contributed by atoms with Gasteiger partial charge in [-0.25, -0.2) is 13.1 Å². The molecule has 152 valence electrons. The van der Waals surface area contributed by atoms with Crippen LogP contribution in [0.1, 0.15) is 28.3 Å². The highest BCUT2D eigenvalue weighted by Crippen LogP contribution is 2.18. The van der Waals surface area contributed by atoms with Gasteiger partial charge in [0.05, 0.1) is 10.5 Å². The van der Waals surface area contributed by atoms with Gasteiger partial charge in [-0.05, 0) is 42.8 Å². The summed E-state index contributed by atoms with van der Waals surface area (Å²) in [5.74, 6) is -0.0126. The van der Waals surface area contributed by atoms with Crippen LogP contribution in [0.4, 0.5) is 0 Å². The van der Waals surface area contributed by atoms with Crippen LogP contribution in [0.15, 0.2) is 57.8 Å². The Hall–Kier alpha value is -3.17. The van der Waals surface area contributed by atoms with E-state index in [1.807, 2.05) is 24.3 Å². The van der Waals surface area contributed by atoms with Gasteiger partial charge in [-0.15, -0.1) is 0 Å². The zero-order valence-electron chi connectivity index (χ0n) is 16.0. The van der Waals surface area contributed by atoms with Crippen LogP contribution in [0.3, 0.4) is 0 Å². The fraction of sp³-hybridized carbons (Fsp3) is 0.200. The first kappa shape index (κ1) is 20.6. The third-order valence-electron chi connectivity index (χ3n) is 4.28. The minimum absolute atomic E-state index is 0.110. The molecule has 0 fully saturated rings. The quantitative estimate of drug-likeness (QED) is 0.534. The molecule has 0 bridgehead atoms. The van der Waals surface area contributed by atoms with Crippen molar-refractivity contribution in [3.63, 3.8) is 0 Å². The van der Waals surface area contributed by atoms with Crippen molar-refractivity contribution in [1.29, 1.82) is 0 Å². The van der Waals surface area contributed by atoms with Gasteiger partial charge in [0.25, 0.3) is 5.91 Å². The number of sulfonamides is 1. The lowest BCUT2D eigenvalue weighted by molar-refractivity contribution is -0.121. The van der Waals surface area contributed by atoms with Gasteiger partial charge in [-0.1, -0.05) is 30.3 Å². The number of aryl methyl sites for hydroxylation is 2. The van der Waals surface area contributed by atoms with E-state index in [1.54, 1.807) is 32.0 Å². The normalized spacial score (nSPS) is 11.4. The number of carbonyl (C=O) groups excluding carboxylic acids is 2. The molecule has 0 atom stereocenters. The number of rotatable bonds is 6. The first-order valence-corrected chi connectivity index (χ1v) is 10.4. The molecule has 1 aromatic heterocycles. The third kappa shape index (κ3) is 5.01.